The highest BCUT2D eigenvalue weighted by atomic mass is 32.2. The van der Waals surface area contributed by atoms with Gasteiger partial charge in [0, 0.05) is 5.69 Å². The first-order valence-electron chi connectivity index (χ1n) is 6.65. The molecule has 0 bridgehead atoms. The number of hydrogen-bond acceptors (Lipinski definition) is 4. The summed E-state index contributed by atoms with van der Waals surface area (Å²) in [6, 6.07) is 7.38. The molecule has 0 saturated heterocycles. The van der Waals surface area contributed by atoms with E-state index in [9.17, 15) is 30.0 Å². The number of alkyl halides is 3. The normalized spacial score (nSPS) is 12.8. The van der Waals surface area contributed by atoms with Crippen LogP contribution in [0.4, 0.5) is 18.9 Å². The maximum Gasteiger partial charge on any atom is 0.416 e. The van der Waals surface area contributed by atoms with E-state index in [-0.39, 0.29) is 11.3 Å². The van der Waals surface area contributed by atoms with E-state index >= 15 is 0 Å². The fraction of sp³-hybridized carbons (Fsp3) is 0.143. The minimum Gasteiger partial charge on any atom is -0.280 e. The zero-order chi connectivity index (χ0) is 19.0. The molecular formula is C14H13F3N2O4S2. The number of anilines is 1. The number of aryl methyl sites for hydroxylation is 1. The molecule has 0 fully saturated rings. The fourth-order valence-electron chi connectivity index (χ4n) is 2.11. The molecule has 3 N–H and O–H groups in total. The van der Waals surface area contributed by atoms with Gasteiger partial charge in [-0.15, -0.1) is 0 Å². The van der Waals surface area contributed by atoms with Crippen LogP contribution >= 0.6 is 0 Å². The van der Waals surface area contributed by atoms with Crippen molar-refractivity contribution in [1.29, 1.82) is 0 Å². The molecular weight excluding hydrogens is 381 g/mol. The molecule has 0 radical (unpaired) electrons. The monoisotopic (exact) mass is 394 g/mol. The molecule has 2 aromatic rings. The van der Waals surface area contributed by atoms with Crippen molar-refractivity contribution in [2.75, 3.05) is 4.72 Å². The first-order valence-corrected chi connectivity index (χ1v) is 9.68. The van der Waals surface area contributed by atoms with Crippen molar-refractivity contribution in [3.8, 4) is 0 Å². The van der Waals surface area contributed by atoms with E-state index in [2.05, 4.69) is 0 Å². The summed E-state index contributed by atoms with van der Waals surface area (Å²) in [6.45, 7) is 1.23. The van der Waals surface area contributed by atoms with Gasteiger partial charge in [-0.05, 0) is 36.8 Å². The van der Waals surface area contributed by atoms with Crippen molar-refractivity contribution in [2.24, 2.45) is 5.14 Å². The van der Waals surface area contributed by atoms with Crippen LogP contribution in [0.3, 0.4) is 0 Å². The number of hydrogen-bond donors (Lipinski definition) is 2. The molecule has 0 aliphatic heterocycles. The predicted octanol–water partition coefficient (Wildman–Crippen LogP) is 2.46. The highest BCUT2D eigenvalue weighted by Crippen LogP contribution is 2.34. The minimum absolute atomic E-state index is 0.0830. The maximum absolute atomic E-state index is 12.9. The Morgan fingerprint density at radius 1 is 0.960 bits per heavy atom. The van der Waals surface area contributed by atoms with Gasteiger partial charge in [0.2, 0.25) is 10.0 Å². The fourth-order valence-corrected chi connectivity index (χ4v) is 4.54. The molecule has 0 heterocycles. The van der Waals surface area contributed by atoms with E-state index in [0.717, 1.165) is 24.3 Å². The molecule has 0 atom stereocenters. The number of benzene rings is 2. The molecule has 0 saturated carbocycles. The van der Waals surface area contributed by atoms with E-state index in [1.54, 1.807) is 0 Å². The lowest BCUT2D eigenvalue weighted by Gasteiger charge is -2.14. The van der Waals surface area contributed by atoms with E-state index in [0.29, 0.717) is 6.07 Å². The Morgan fingerprint density at radius 2 is 1.52 bits per heavy atom. The Kier molecular flexibility index (Phi) is 4.86. The molecule has 0 aromatic heterocycles. The van der Waals surface area contributed by atoms with Crippen molar-refractivity contribution < 1.29 is 30.0 Å². The number of primary sulfonamides is 1. The average molecular weight is 394 g/mol. The Labute approximate surface area is 142 Å². The van der Waals surface area contributed by atoms with Gasteiger partial charge >= 0.3 is 6.18 Å². The zero-order valence-corrected chi connectivity index (χ0v) is 14.3. The van der Waals surface area contributed by atoms with E-state index in [1.165, 1.54) is 19.1 Å². The largest absolute Gasteiger partial charge is 0.416 e. The Balaban J connectivity index is 2.52. The van der Waals surface area contributed by atoms with Gasteiger partial charge in [0.05, 0.1) is 5.56 Å². The van der Waals surface area contributed by atoms with Crippen molar-refractivity contribution in [1.82, 2.24) is 0 Å². The van der Waals surface area contributed by atoms with Crippen molar-refractivity contribution in [2.45, 2.75) is 22.9 Å². The Morgan fingerprint density at radius 3 is 2.04 bits per heavy atom. The zero-order valence-electron chi connectivity index (χ0n) is 12.7. The van der Waals surface area contributed by atoms with Crippen LogP contribution in [0, 0.1) is 6.92 Å². The second-order valence-corrected chi connectivity index (χ2v) is 8.31. The standard InChI is InChI=1S/C14H13F3N2O4S2/c1-9-6-7-10(8-11(9)14(15,16)17)19-25(22,23)13-5-3-2-4-12(13)24(18,20)21/h2-8,19H,1H3,(H2,18,20,21). The first kappa shape index (κ1) is 19.2. The van der Waals surface area contributed by atoms with E-state index in [4.69, 9.17) is 5.14 Å². The van der Waals surface area contributed by atoms with Gasteiger partial charge in [0.1, 0.15) is 9.79 Å². The van der Waals surface area contributed by atoms with Crippen LogP contribution in [0.25, 0.3) is 0 Å². The third kappa shape index (κ3) is 4.30. The molecule has 0 unspecified atom stereocenters. The van der Waals surface area contributed by atoms with Crippen LogP contribution in [0.5, 0.6) is 0 Å². The molecule has 2 rings (SSSR count). The molecule has 25 heavy (non-hydrogen) atoms. The number of sulfonamides is 2. The summed E-state index contributed by atoms with van der Waals surface area (Å²) in [4.78, 5) is -1.32. The van der Waals surface area contributed by atoms with Gasteiger partial charge < -0.3 is 0 Å². The number of halogens is 3. The van der Waals surface area contributed by atoms with Gasteiger partial charge in [-0.2, -0.15) is 13.2 Å². The third-order valence-electron chi connectivity index (χ3n) is 3.24. The smallest absolute Gasteiger partial charge is 0.280 e. The summed E-state index contributed by atoms with van der Waals surface area (Å²) < 4.78 is 88.6. The molecule has 0 spiro atoms. The molecule has 6 nitrogen and oxygen atoms in total. The Bertz CT molecular complexity index is 1020. The molecule has 0 aliphatic rings. The highest BCUT2D eigenvalue weighted by molar-refractivity contribution is 7.94. The van der Waals surface area contributed by atoms with Crippen molar-refractivity contribution in [3.63, 3.8) is 0 Å². The lowest BCUT2D eigenvalue weighted by molar-refractivity contribution is -0.138. The van der Waals surface area contributed by atoms with E-state index < -0.39 is 41.6 Å². The van der Waals surface area contributed by atoms with Crippen molar-refractivity contribution >= 4 is 25.7 Å². The minimum atomic E-state index is -4.66. The summed E-state index contributed by atoms with van der Waals surface area (Å²) in [5.41, 5.74) is -1.45. The van der Waals surface area contributed by atoms with Crippen LogP contribution in [-0.4, -0.2) is 16.8 Å². The number of nitrogens with one attached hydrogen (secondary N) is 1. The summed E-state index contributed by atoms with van der Waals surface area (Å²) in [5.74, 6) is 0. The van der Waals surface area contributed by atoms with Gasteiger partial charge in [-0.3, -0.25) is 4.72 Å². The summed E-state index contributed by atoms with van der Waals surface area (Å²) in [6.07, 6.45) is -4.66. The molecule has 0 aliphatic carbocycles. The lowest BCUT2D eigenvalue weighted by atomic mass is 10.1. The van der Waals surface area contributed by atoms with Crippen LogP contribution in [0.1, 0.15) is 11.1 Å². The van der Waals surface area contributed by atoms with Gasteiger partial charge in [0.25, 0.3) is 10.0 Å². The second-order valence-electron chi connectivity index (χ2n) is 5.12. The quantitative estimate of drug-likeness (QED) is 0.831. The lowest BCUT2D eigenvalue weighted by Crippen LogP contribution is -2.20. The van der Waals surface area contributed by atoms with Gasteiger partial charge in [0.15, 0.2) is 0 Å². The molecule has 11 heteroatoms. The topological polar surface area (TPSA) is 106 Å². The number of nitrogens with two attached hydrogens (primary N) is 1. The van der Waals surface area contributed by atoms with Crippen LogP contribution in [-0.2, 0) is 26.2 Å². The number of rotatable bonds is 4. The molecule has 0 amide bonds. The maximum atomic E-state index is 12.9. The SMILES string of the molecule is Cc1ccc(NS(=O)(=O)c2ccccc2S(N)(=O)=O)cc1C(F)(F)F. The van der Waals surface area contributed by atoms with Gasteiger partial charge in [-0.1, -0.05) is 18.2 Å². The van der Waals surface area contributed by atoms with Crippen molar-refractivity contribution in [3.05, 3.63) is 53.6 Å². The van der Waals surface area contributed by atoms with Crippen LogP contribution in [0.15, 0.2) is 52.3 Å². The first-order chi connectivity index (χ1) is 11.3. The average Bonchev–Trinajstić information content (AvgIpc) is 2.47. The highest BCUT2D eigenvalue weighted by Gasteiger charge is 2.33. The molecule has 2 aromatic carbocycles. The van der Waals surface area contributed by atoms with Crippen LogP contribution in [0.2, 0.25) is 0 Å². The van der Waals surface area contributed by atoms with E-state index in [1.807, 2.05) is 4.72 Å². The molecule has 136 valence electrons. The predicted molar refractivity (Wildman–Crippen MR) is 84.8 cm³/mol. The second kappa shape index (κ2) is 6.32. The van der Waals surface area contributed by atoms with Crippen LogP contribution < -0.4 is 9.86 Å². The summed E-state index contributed by atoms with van der Waals surface area (Å²) in [5, 5.41) is 4.98. The summed E-state index contributed by atoms with van der Waals surface area (Å²) >= 11 is 0. The summed E-state index contributed by atoms with van der Waals surface area (Å²) in [7, 11) is -8.82. The third-order valence-corrected chi connectivity index (χ3v) is 5.78. The Hall–Kier alpha value is -2.11. The van der Waals surface area contributed by atoms with Gasteiger partial charge in [-0.25, -0.2) is 22.0 Å².